The zero-order valence-corrected chi connectivity index (χ0v) is 14.7. The Balaban J connectivity index is 1.79. The van der Waals surface area contributed by atoms with Crippen LogP contribution in [0.2, 0.25) is 10.0 Å². The summed E-state index contributed by atoms with van der Waals surface area (Å²) in [7, 11) is 0. The Hall–Kier alpha value is -1.82. The van der Waals surface area contributed by atoms with E-state index in [0.717, 1.165) is 15.8 Å². The number of anilines is 1. The van der Waals surface area contributed by atoms with E-state index < -0.39 is 0 Å². The minimum atomic E-state index is -0.223. The number of halogens is 2. The fourth-order valence-electron chi connectivity index (χ4n) is 2.24. The highest BCUT2D eigenvalue weighted by Gasteiger charge is 2.12. The average molecular weight is 366 g/mol. The van der Waals surface area contributed by atoms with Gasteiger partial charge in [-0.2, -0.15) is 0 Å². The molecule has 0 saturated carbocycles. The molecule has 1 amide bonds. The second-order valence-corrected chi connectivity index (χ2v) is 6.94. The van der Waals surface area contributed by atoms with Gasteiger partial charge in [0.1, 0.15) is 5.52 Å². The first-order valence-electron chi connectivity index (χ1n) is 6.84. The van der Waals surface area contributed by atoms with Crippen molar-refractivity contribution in [2.45, 2.75) is 13.8 Å². The molecular weight excluding hydrogens is 353 g/mol. The highest BCUT2D eigenvalue weighted by atomic mass is 35.5. The molecule has 4 nitrogen and oxygen atoms in total. The number of rotatable bonds is 3. The number of carbonyl (C=O) groups excluding carboxylic acids is 1. The molecule has 3 rings (SSSR count). The van der Waals surface area contributed by atoms with Gasteiger partial charge in [-0.05, 0) is 37.6 Å². The fraction of sp³-hybridized carbons (Fsp3) is 0.125. The third-order valence-corrected chi connectivity index (χ3v) is 5.09. The van der Waals surface area contributed by atoms with Crippen molar-refractivity contribution in [1.29, 1.82) is 0 Å². The Labute approximate surface area is 147 Å². The predicted molar refractivity (Wildman–Crippen MR) is 96.6 cm³/mol. The lowest BCUT2D eigenvalue weighted by Gasteiger charge is -2.08. The monoisotopic (exact) mass is 365 g/mol. The van der Waals surface area contributed by atoms with Gasteiger partial charge in [0.25, 0.3) is 5.91 Å². The molecule has 0 bridgehead atoms. The summed E-state index contributed by atoms with van der Waals surface area (Å²) in [5, 5.41) is 1.62. The summed E-state index contributed by atoms with van der Waals surface area (Å²) in [6, 6.07) is 9.09. The Morgan fingerprint density at radius 2 is 1.87 bits per heavy atom. The first kappa shape index (κ1) is 16.1. The van der Waals surface area contributed by atoms with Crippen molar-refractivity contribution in [3.8, 4) is 0 Å². The zero-order valence-electron chi connectivity index (χ0n) is 12.4. The number of hydrazine groups is 1. The van der Waals surface area contributed by atoms with Crippen LogP contribution in [0.15, 0.2) is 30.3 Å². The summed E-state index contributed by atoms with van der Waals surface area (Å²) >= 11 is 13.6. The van der Waals surface area contributed by atoms with Crippen LogP contribution in [-0.4, -0.2) is 10.9 Å². The highest BCUT2D eigenvalue weighted by molar-refractivity contribution is 7.22. The van der Waals surface area contributed by atoms with E-state index in [-0.39, 0.29) is 5.91 Å². The molecule has 2 N–H and O–H groups in total. The van der Waals surface area contributed by atoms with Crippen molar-refractivity contribution >= 4 is 55.8 Å². The number of amides is 1. The normalized spacial score (nSPS) is 10.8. The van der Waals surface area contributed by atoms with E-state index in [1.165, 1.54) is 11.3 Å². The van der Waals surface area contributed by atoms with E-state index in [4.69, 9.17) is 23.2 Å². The Bertz CT molecular complexity index is 869. The van der Waals surface area contributed by atoms with Gasteiger partial charge in [0.05, 0.1) is 14.7 Å². The second-order valence-electron chi connectivity index (χ2n) is 5.12. The molecule has 3 aromatic rings. The van der Waals surface area contributed by atoms with Crippen LogP contribution in [0.4, 0.5) is 5.13 Å². The molecule has 2 aromatic carbocycles. The lowest BCUT2D eigenvalue weighted by molar-refractivity contribution is 0.0962. The number of benzene rings is 2. The van der Waals surface area contributed by atoms with Gasteiger partial charge in [-0.1, -0.05) is 52.2 Å². The third-order valence-electron chi connectivity index (χ3n) is 3.36. The summed E-state index contributed by atoms with van der Waals surface area (Å²) in [4.78, 5) is 16.6. The number of fused-ring (bicyclic) bond motifs is 1. The summed E-state index contributed by atoms with van der Waals surface area (Å²) < 4.78 is 0.780. The van der Waals surface area contributed by atoms with Crippen LogP contribution in [0.3, 0.4) is 0 Å². The average Bonchev–Trinajstić information content (AvgIpc) is 2.94. The molecule has 7 heteroatoms. The topological polar surface area (TPSA) is 54.0 Å². The van der Waals surface area contributed by atoms with Crippen LogP contribution in [0.1, 0.15) is 21.5 Å². The summed E-state index contributed by atoms with van der Waals surface area (Å²) in [5.74, 6) is -0.223. The van der Waals surface area contributed by atoms with Crippen molar-refractivity contribution in [1.82, 2.24) is 10.4 Å². The van der Waals surface area contributed by atoms with Crippen molar-refractivity contribution in [3.63, 3.8) is 0 Å². The molecule has 0 saturated heterocycles. The van der Waals surface area contributed by atoms with Crippen molar-refractivity contribution < 1.29 is 4.79 Å². The zero-order chi connectivity index (χ0) is 16.6. The maximum Gasteiger partial charge on any atom is 0.269 e. The van der Waals surface area contributed by atoms with Crippen LogP contribution in [-0.2, 0) is 0 Å². The van der Waals surface area contributed by atoms with E-state index in [9.17, 15) is 4.79 Å². The smallest absolute Gasteiger partial charge is 0.269 e. The lowest BCUT2D eigenvalue weighted by Crippen LogP contribution is -2.29. The van der Waals surface area contributed by atoms with Gasteiger partial charge in [-0.15, -0.1) is 0 Å². The molecule has 0 aliphatic carbocycles. The van der Waals surface area contributed by atoms with Crippen LogP contribution >= 0.6 is 34.5 Å². The van der Waals surface area contributed by atoms with Gasteiger partial charge >= 0.3 is 0 Å². The van der Waals surface area contributed by atoms with Crippen molar-refractivity contribution in [2.75, 3.05) is 5.43 Å². The molecule has 0 radical (unpaired) electrons. The van der Waals surface area contributed by atoms with E-state index in [2.05, 4.69) is 15.8 Å². The molecule has 1 aromatic heterocycles. The number of thiazole rings is 1. The fourth-order valence-corrected chi connectivity index (χ4v) is 3.62. The second kappa shape index (κ2) is 6.35. The highest BCUT2D eigenvalue weighted by Crippen LogP contribution is 2.35. The minimum Gasteiger partial charge on any atom is -0.273 e. The molecule has 0 aliphatic heterocycles. The molecule has 0 fully saturated rings. The van der Waals surface area contributed by atoms with E-state index in [1.54, 1.807) is 18.2 Å². The van der Waals surface area contributed by atoms with Gasteiger partial charge < -0.3 is 0 Å². The van der Waals surface area contributed by atoms with Crippen LogP contribution in [0, 0.1) is 13.8 Å². The standard InChI is InChI=1S/C16H13Cl2N3OS/c1-8-3-4-10(9(2)7-8)15(22)20-21-16-19-13-11(17)5-6-12(18)14(13)23-16/h3-7H,1-2H3,(H,19,21)(H,20,22). The number of aryl methyl sites for hydroxylation is 2. The Kier molecular flexibility index (Phi) is 4.43. The molecule has 118 valence electrons. The molecule has 23 heavy (non-hydrogen) atoms. The maximum atomic E-state index is 12.3. The minimum absolute atomic E-state index is 0.223. The van der Waals surface area contributed by atoms with E-state index in [1.807, 2.05) is 26.0 Å². The van der Waals surface area contributed by atoms with Gasteiger partial charge in [0.2, 0.25) is 5.13 Å². The van der Waals surface area contributed by atoms with E-state index in [0.29, 0.717) is 26.3 Å². The van der Waals surface area contributed by atoms with Crippen molar-refractivity contribution in [3.05, 3.63) is 57.1 Å². The molecule has 0 aliphatic rings. The predicted octanol–water partition coefficient (Wildman–Crippen LogP) is 4.98. The van der Waals surface area contributed by atoms with Gasteiger partial charge in [0, 0.05) is 5.56 Å². The van der Waals surface area contributed by atoms with Gasteiger partial charge in [-0.3, -0.25) is 15.6 Å². The van der Waals surface area contributed by atoms with Crippen molar-refractivity contribution in [2.24, 2.45) is 0 Å². The third kappa shape index (κ3) is 3.27. The Morgan fingerprint density at radius 1 is 1.13 bits per heavy atom. The quantitative estimate of drug-likeness (QED) is 0.643. The van der Waals surface area contributed by atoms with Crippen LogP contribution in [0.5, 0.6) is 0 Å². The molecule has 0 unspecified atom stereocenters. The molecular formula is C16H13Cl2N3OS. The van der Waals surface area contributed by atoms with Gasteiger partial charge in [0.15, 0.2) is 0 Å². The SMILES string of the molecule is Cc1ccc(C(=O)NNc2nc3c(Cl)ccc(Cl)c3s2)c(C)c1. The number of carbonyl (C=O) groups is 1. The van der Waals surface area contributed by atoms with Crippen LogP contribution in [0.25, 0.3) is 10.2 Å². The maximum absolute atomic E-state index is 12.3. The lowest BCUT2D eigenvalue weighted by atomic mass is 10.1. The molecule has 1 heterocycles. The molecule has 0 spiro atoms. The number of nitrogens with one attached hydrogen (secondary N) is 2. The van der Waals surface area contributed by atoms with E-state index >= 15 is 0 Å². The Morgan fingerprint density at radius 3 is 2.57 bits per heavy atom. The number of hydrogen-bond donors (Lipinski definition) is 2. The first-order valence-corrected chi connectivity index (χ1v) is 8.41. The summed E-state index contributed by atoms with van der Waals surface area (Å²) in [6.07, 6.45) is 0. The summed E-state index contributed by atoms with van der Waals surface area (Å²) in [5.41, 5.74) is 8.73. The molecule has 0 atom stereocenters. The number of hydrogen-bond acceptors (Lipinski definition) is 4. The largest absolute Gasteiger partial charge is 0.273 e. The number of nitrogens with zero attached hydrogens (tertiary/aromatic N) is 1. The number of aromatic nitrogens is 1. The summed E-state index contributed by atoms with van der Waals surface area (Å²) in [6.45, 7) is 3.89. The van der Waals surface area contributed by atoms with Gasteiger partial charge in [-0.25, -0.2) is 4.98 Å². The van der Waals surface area contributed by atoms with Crippen LogP contribution < -0.4 is 10.9 Å². The first-order chi connectivity index (χ1) is 11.0.